The average Bonchev–Trinajstić information content (AvgIpc) is 2.20. The van der Waals surface area contributed by atoms with E-state index in [1.54, 1.807) is 0 Å². The Labute approximate surface area is 89.9 Å². The molecule has 84 valence electrons. The van der Waals surface area contributed by atoms with Crippen LogP contribution in [-0.4, -0.2) is 46.2 Å². The maximum absolute atomic E-state index is 5.78. The third-order valence-corrected chi connectivity index (χ3v) is 4.92. The molecule has 14 heavy (non-hydrogen) atoms. The zero-order chi connectivity index (χ0) is 10.2. The Morgan fingerprint density at radius 3 is 2.86 bits per heavy atom. The lowest BCUT2D eigenvalue weighted by molar-refractivity contribution is 0.0605. The fraction of sp³-hybridized carbons (Fsp3) is 1.00. The summed E-state index contributed by atoms with van der Waals surface area (Å²) in [6.45, 7) is 6.29. The average molecular weight is 216 g/mol. The summed E-state index contributed by atoms with van der Waals surface area (Å²) in [5.74, 6) is 0. The molecule has 0 spiro atoms. The molecule has 1 aliphatic heterocycles. The summed E-state index contributed by atoms with van der Waals surface area (Å²) in [5, 5.41) is 0. The fourth-order valence-corrected chi connectivity index (χ4v) is 4.22. The minimum atomic E-state index is -0.211. The van der Waals surface area contributed by atoms with Crippen molar-refractivity contribution in [3.05, 3.63) is 0 Å². The Hall–Kier alpha value is 0.0969. The number of rotatable bonds is 6. The molecule has 4 heteroatoms. The molecule has 0 aromatic rings. The first-order valence-corrected chi connectivity index (χ1v) is 7.35. The summed E-state index contributed by atoms with van der Waals surface area (Å²) in [6.07, 6.45) is 5.15. The smallest absolute Gasteiger partial charge is 0.127 e. The highest BCUT2D eigenvalue weighted by molar-refractivity contribution is 6.33. The quantitative estimate of drug-likeness (QED) is 0.648. The predicted octanol–water partition coefficient (Wildman–Crippen LogP) is 0.267. The summed E-state index contributed by atoms with van der Waals surface area (Å²) >= 11 is 0. The van der Waals surface area contributed by atoms with Crippen molar-refractivity contribution >= 4 is 9.68 Å². The van der Waals surface area contributed by atoms with Crippen LogP contribution < -0.4 is 5.73 Å². The van der Waals surface area contributed by atoms with Crippen LogP contribution in [0.4, 0.5) is 0 Å². The normalized spacial score (nSPS) is 23.8. The van der Waals surface area contributed by atoms with Crippen molar-refractivity contribution in [2.75, 3.05) is 26.2 Å². The highest BCUT2D eigenvalue weighted by Gasteiger charge is 2.17. The Bertz CT molecular complexity index is 134. The first-order chi connectivity index (χ1) is 6.86. The van der Waals surface area contributed by atoms with Gasteiger partial charge in [0.15, 0.2) is 0 Å². The van der Waals surface area contributed by atoms with E-state index in [9.17, 15) is 0 Å². The van der Waals surface area contributed by atoms with Gasteiger partial charge in [0.1, 0.15) is 9.68 Å². The second kappa shape index (κ2) is 7.40. The molecule has 0 radical (unpaired) electrons. The number of hydrogen-bond donors (Lipinski definition) is 1. The van der Waals surface area contributed by atoms with Gasteiger partial charge in [0.2, 0.25) is 0 Å². The van der Waals surface area contributed by atoms with Crippen LogP contribution in [0.25, 0.3) is 0 Å². The monoisotopic (exact) mass is 216 g/mol. The van der Waals surface area contributed by atoms with Crippen molar-refractivity contribution in [2.24, 2.45) is 5.73 Å². The standard InChI is InChI=1S/C10H24N2OSi/c1-2-7-12(8-6-11)14-10-5-3-4-9-13-10/h10H,2-9,11,14H2,1H3. The molecule has 0 aromatic heterocycles. The van der Waals surface area contributed by atoms with Gasteiger partial charge in [0, 0.05) is 19.7 Å². The van der Waals surface area contributed by atoms with E-state index in [4.69, 9.17) is 10.5 Å². The molecule has 2 N–H and O–H groups in total. The van der Waals surface area contributed by atoms with E-state index in [-0.39, 0.29) is 9.68 Å². The SMILES string of the molecule is CCCN(CCN)[SiH2]C1CCCCO1. The van der Waals surface area contributed by atoms with Gasteiger partial charge in [-0.15, -0.1) is 0 Å². The maximum atomic E-state index is 5.78. The van der Waals surface area contributed by atoms with Crippen LogP contribution in [-0.2, 0) is 4.74 Å². The van der Waals surface area contributed by atoms with E-state index in [0.29, 0.717) is 5.73 Å². The van der Waals surface area contributed by atoms with Gasteiger partial charge in [0.25, 0.3) is 0 Å². The molecule has 3 nitrogen and oxygen atoms in total. The summed E-state index contributed by atoms with van der Waals surface area (Å²) in [7, 11) is -0.211. The lowest BCUT2D eigenvalue weighted by Crippen LogP contribution is -2.42. The van der Waals surface area contributed by atoms with Gasteiger partial charge < -0.3 is 15.0 Å². The first kappa shape index (κ1) is 12.2. The minimum Gasteiger partial charge on any atom is -0.381 e. The van der Waals surface area contributed by atoms with Crippen LogP contribution in [0.1, 0.15) is 32.6 Å². The molecule has 0 amide bonds. The highest BCUT2D eigenvalue weighted by Crippen LogP contribution is 2.12. The summed E-state index contributed by atoms with van der Waals surface area (Å²) in [5.41, 5.74) is 6.20. The molecule has 0 aromatic carbocycles. The Balaban J connectivity index is 2.21. The number of hydrogen-bond acceptors (Lipinski definition) is 3. The number of ether oxygens (including phenoxy) is 1. The molecule has 0 saturated carbocycles. The molecular formula is C10H24N2OSi. The second-order valence-electron chi connectivity index (χ2n) is 4.08. The third-order valence-electron chi connectivity index (χ3n) is 2.72. The van der Waals surface area contributed by atoms with Crippen molar-refractivity contribution in [1.29, 1.82) is 0 Å². The zero-order valence-electron chi connectivity index (χ0n) is 9.37. The first-order valence-electron chi connectivity index (χ1n) is 5.90. The highest BCUT2D eigenvalue weighted by atomic mass is 28.2. The lowest BCUT2D eigenvalue weighted by Gasteiger charge is -2.28. The number of nitrogens with two attached hydrogens (primary N) is 1. The van der Waals surface area contributed by atoms with Crippen LogP contribution in [0.2, 0.25) is 0 Å². The lowest BCUT2D eigenvalue weighted by atomic mass is 10.2. The molecule has 1 unspecified atom stereocenters. The van der Waals surface area contributed by atoms with Crippen molar-refractivity contribution in [2.45, 2.75) is 38.3 Å². The van der Waals surface area contributed by atoms with Crippen LogP contribution >= 0.6 is 0 Å². The van der Waals surface area contributed by atoms with Crippen LogP contribution in [0.5, 0.6) is 0 Å². The predicted molar refractivity (Wildman–Crippen MR) is 63.1 cm³/mol. The third kappa shape index (κ3) is 4.55. The number of nitrogens with zero attached hydrogens (tertiary/aromatic N) is 1. The van der Waals surface area contributed by atoms with Gasteiger partial charge in [-0.05, 0) is 32.2 Å². The Kier molecular flexibility index (Phi) is 6.43. The molecule has 1 saturated heterocycles. The minimum absolute atomic E-state index is 0.211. The van der Waals surface area contributed by atoms with Gasteiger partial charge in [-0.2, -0.15) is 0 Å². The van der Waals surface area contributed by atoms with E-state index in [2.05, 4.69) is 11.5 Å². The molecule has 0 bridgehead atoms. The van der Waals surface area contributed by atoms with Crippen molar-refractivity contribution in [3.8, 4) is 0 Å². The largest absolute Gasteiger partial charge is 0.381 e. The molecular weight excluding hydrogens is 192 g/mol. The summed E-state index contributed by atoms with van der Waals surface area (Å²) in [4.78, 5) is 0. The van der Waals surface area contributed by atoms with Crippen LogP contribution in [0.15, 0.2) is 0 Å². The molecule has 1 fully saturated rings. The molecule has 1 heterocycles. The topological polar surface area (TPSA) is 38.5 Å². The fourth-order valence-electron chi connectivity index (χ4n) is 2.03. The van der Waals surface area contributed by atoms with E-state index < -0.39 is 0 Å². The van der Waals surface area contributed by atoms with Crippen molar-refractivity contribution < 1.29 is 4.74 Å². The summed E-state index contributed by atoms with van der Waals surface area (Å²) < 4.78 is 8.35. The van der Waals surface area contributed by atoms with E-state index in [1.807, 2.05) is 0 Å². The summed E-state index contributed by atoms with van der Waals surface area (Å²) in [6, 6.07) is 0. The van der Waals surface area contributed by atoms with Gasteiger partial charge in [0.05, 0.1) is 5.73 Å². The Morgan fingerprint density at radius 1 is 1.43 bits per heavy atom. The van der Waals surface area contributed by atoms with Gasteiger partial charge in [-0.25, -0.2) is 0 Å². The molecule has 1 atom stereocenters. The van der Waals surface area contributed by atoms with Gasteiger partial charge in [-0.1, -0.05) is 6.92 Å². The van der Waals surface area contributed by atoms with Crippen molar-refractivity contribution in [1.82, 2.24) is 4.57 Å². The van der Waals surface area contributed by atoms with E-state index in [1.165, 1.54) is 32.2 Å². The van der Waals surface area contributed by atoms with Gasteiger partial charge >= 0.3 is 0 Å². The Morgan fingerprint density at radius 2 is 2.29 bits per heavy atom. The molecule has 1 aliphatic rings. The molecule has 0 aliphatic carbocycles. The maximum Gasteiger partial charge on any atom is 0.127 e. The zero-order valence-corrected chi connectivity index (χ0v) is 10.8. The van der Waals surface area contributed by atoms with Crippen LogP contribution in [0, 0.1) is 0 Å². The van der Waals surface area contributed by atoms with E-state index >= 15 is 0 Å². The van der Waals surface area contributed by atoms with Crippen molar-refractivity contribution in [3.63, 3.8) is 0 Å². The molecule has 1 rings (SSSR count). The van der Waals surface area contributed by atoms with Crippen LogP contribution in [0.3, 0.4) is 0 Å². The van der Waals surface area contributed by atoms with E-state index in [0.717, 1.165) is 19.7 Å². The van der Waals surface area contributed by atoms with Gasteiger partial charge in [-0.3, -0.25) is 0 Å². The second-order valence-corrected chi connectivity index (χ2v) is 6.25.